The molecule has 0 amide bonds. The van der Waals surface area contributed by atoms with Crippen LogP contribution in [0.3, 0.4) is 0 Å². The Morgan fingerprint density at radius 1 is 0.404 bits per heavy atom. The number of hydrogen-bond acceptors (Lipinski definition) is 1. The van der Waals surface area contributed by atoms with Crippen molar-refractivity contribution in [3.8, 4) is 33.4 Å². The van der Waals surface area contributed by atoms with E-state index in [0.29, 0.717) is 5.56 Å². The van der Waals surface area contributed by atoms with Crippen LogP contribution in [0.4, 0.5) is 0 Å². The summed E-state index contributed by atoms with van der Waals surface area (Å²) in [5, 5.41) is 5.15. The Bertz CT molecular complexity index is 3300. The maximum absolute atomic E-state index is 9.69. The Kier molecular flexibility index (Phi) is 4.05. The molecule has 0 aliphatic carbocycles. The van der Waals surface area contributed by atoms with Crippen LogP contribution in [0.15, 0.2) is 174 Å². The lowest BCUT2D eigenvalue weighted by molar-refractivity contribution is 0.673. The number of fused-ring (bicyclic) bond motifs is 8. The number of furan rings is 1. The molecule has 10 rings (SSSR count). The highest BCUT2D eigenvalue weighted by Gasteiger charge is 2.20. The Hall–Kier alpha value is -6.18. The molecule has 0 bridgehead atoms. The monoisotopic (exact) mass is 605 g/mol. The molecule has 1 nitrogen and oxygen atoms in total. The van der Waals surface area contributed by atoms with Crippen molar-refractivity contribution < 1.29 is 16.8 Å². The smallest absolute Gasteiger partial charge is 0.143 e. The first-order chi connectivity index (χ1) is 27.1. The molecule has 1 heterocycles. The fraction of sp³-hybridized carbons (Fsp3) is 0. The Balaban J connectivity index is 1.35. The third-order valence-electron chi connectivity index (χ3n) is 9.11. The minimum Gasteiger partial charge on any atom is -0.455 e. The fourth-order valence-corrected chi connectivity index (χ4v) is 7.03. The second kappa shape index (κ2) is 10.2. The van der Waals surface area contributed by atoms with Crippen molar-refractivity contribution in [1.29, 1.82) is 0 Å². The van der Waals surface area contributed by atoms with E-state index in [2.05, 4.69) is 36.4 Å². The molecule has 0 N–H and O–H groups in total. The van der Waals surface area contributed by atoms with Crippen LogP contribution in [-0.2, 0) is 0 Å². The molecule has 0 fully saturated rings. The van der Waals surface area contributed by atoms with E-state index in [9.17, 15) is 4.11 Å². The van der Waals surface area contributed by atoms with Crippen molar-refractivity contribution in [1.82, 2.24) is 0 Å². The molecule has 0 unspecified atom stereocenters. The maximum Gasteiger partial charge on any atom is 0.143 e. The van der Waals surface area contributed by atoms with Gasteiger partial charge in [-0.15, -0.1) is 0 Å². The van der Waals surface area contributed by atoms with Crippen molar-refractivity contribution in [2.24, 2.45) is 0 Å². The van der Waals surface area contributed by atoms with Crippen LogP contribution in [0.2, 0.25) is 0 Å². The average molecular weight is 606 g/mol. The minimum absolute atomic E-state index is 0.0130. The highest BCUT2D eigenvalue weighted by molar-refractivity contribution is 6.24. The zero-order chi connectivity index (χ0) is 38.7. The van der Waals surface area contributed by atoms with Gasteiger partial charge in [-0.1, -0.05) is 139 Å². The second-order valence-corrected chi connectivity index (χ2v) is 11.7. The van der Waals surface area contributed by atoms with E-state index in [1.54, 1.807) is 0 Å². The SMILES string of the molecule is [2H]c1c([2H])c([2H])c2c(c1[2H])c([2H])c([2H])c1c2oc2c([2H])c(-c3c4ccccc4c(-c4cc(-c5ccccc5)cc5ccccc45)c4ccccc34)c([2H])c([2H])c21. The fourth-order valence-electron chi connectivity index (χ4n) is 7.03. The lowest BCUT2D eigenvalue weighted by Gasteiger charge is -2.19. The Labute approximate surface area is 284 Å². The molecule has 0 saturated carbocycles. The van der Waals surface area contributed by atoms with Gasteiger partial charge in [-0.2, -0.15) is 0 Å². The molecule has 9 aromatic carbocycles. The van der Waals surface area contributed by atoms with Crippen molar-refractivity contribution in [3.05, 3.63) is 170 Å². The van der Waals surface area contributed by atoms with Gasteiger partial charge in [-0.25, -0.2) is 0 Å². The van der Waals surface area contributed by atoms with Gasteiger partial charge >= 0.3 is 0 Å². The van der Waals surface area contributed by atoms with E-state index in [-0.39, 0.29) is 56.4 Å². The topological polar surface area (TPSA) is 13.1 Å². The van der Waals surface area contributed by atoms with Crippen LogP contribution < -0.4 is 0 Å². The average Bonchev–Trinajstić information content (AvgIpc) is 3.63. The van der Waals surface area contributed by atoms with E-state index >= 15 is 0 Å². The van der Waals surface area contributed by atoms with Crippen LogP contribution >= 0.6 is 0 Å². The third-order valence-corrected chi connectivity index (χ3v) is 9.11. The first kappa shape index (κ1) is 18.7. The first-order valence-corrected chi connectivity index (χ1v) is 15.5. The molecular weight excluding hydrogens is 569 g/mol. The molecule has 47 heavy (non-hydrogen) atoms. The molecule has 10 aromatic rings. The van der Waals surface area contributed by atoms with E-state index in [1.165, 1.54) is 0 Å². The second-order valence-electron chi connectivity index (χ2n) is 11.7. The van der Waals surface area contributed by atoms with Crippen molar-refractivity contribution in [3.63, 3.8) is 0 Å². The molecule has 1 aromatic heterocycles. The first-order valence-electron chi connectivity index (χ1n) is 20.0. The number of hydrogen-bond donors (Lipinski definition) is 0. The standard InChI is InChI=1S/C46H28O/c1-2-12-29(13-3-1)33-26-31-15-5-6-16-34(31)42(27-33)45-39-20-10-8-18-37(39)44(38-19-9-11-21-40(38)45)32-23-24-36-41-25-22-30-14-4-7-17-35(30)46(41)47-43(36)28-32/h1-28H/i4D,7D,14D,17D,22D,23D,24D,25D,28D. The highest BCUT2D eigenvalue weighted by atomic mass is 16.3. The summed E-state index contributed by atoms with van der Waals surface area (Å²) < 4.78 is 86.5. The predicted octanol–water partition coefficient (Wildman–Crippen LogP) is 13.2. The van der Waals surface area contributed by atoms with E-state index in [0.717, 1.165) is 54.6 Å². The van der Waals surface area contributed by atoms with Gasteiger partial charge in [-0.3, -0.25) is 0 Å². The summed E-state index contributed by atoms with van der Waals surface area (Å²) in [6, 6.07) is 35.2. The molecule has 0 aliphatic heterocycles. The van der Waals surface area contributed by atoms with Crippen LogP contribution in [0, 0.1) is 0 Å². The van der Waals surface area contributed by atoms with Crippen LogP contribution in [0.5, 0.6) is 0 Å². The lowest BCUT2D eigenvalue weighted by Crippen LogP contribution is -1.92. The van der Waals surface area contributed by atoms with Gasteiger partial charge in [0.25, 0.3) is 0 Å². The predicted molar refractivity (Wildman–Crippen MR) is 200 cm³/mol. The van der Waals surface area contributed by atoms with Gasteiger partial charge in [0.05, 0.1) is 12.3 Å². The van der Waals surface area contributed by atoms with Gasteiger partial charge in [0.15, 0.2) is 0 Å². The molecule has 0 spiro atoms. The summed E-state index contributed by atoms with van der Waals surface area (Å²) in [5.74, 6) is 0. The van der Waals surface area contributed by atoms with Crippen molar-refractivity contribution in [2.45, 2.75) is 0 Å². The normalized spacial score (nSPS) is 14.5. The molecule has 0 saturated heterocycles. The molecule has 0 atom stereocenters. The highest BCUT2D eigenvalue weighted by Crippen LogP contribution is 2.47. The van der Waals surface area contributed by atoms with Crippen molar-refractivity contribution in [2.75, 3.05) is 0 Å². The van der Waals surface area contributed by atoms with E-state index in [1.807, 2.05) is 78.9 Å². The molecule has 218 valence electrons. The van der Waals surface area contributed by atoms with Crippen LogP contribution in [0.1, 0.15) is 12.3 Å². The summed E-state index contributed by atoms with van der Waals surface area (Å²) >= 11 is 0. The Morgan fingerprint density at radius 2 is 1.04 bits per heavy atom. The summed E-state index contributed by atoms with van der Waals surface area (Å²) in [6.45, 7) is 0. The zero-order valence-electron chi connectivity index (χ0n) is 33.9. The molecular formula is C46H28O. The van der Waals surface area contributed by atoms with Crippen LogP contribution in [0.25, 0.3) is 98.4 Å². The summed E-state index contributed by atoms with van der Waals surface area (Å²) in [6.07, 6.45) is 0. The Morgan fingerprint density at radius 3 is 1.81 bits per heavy atom. The van der Waals surface area contributed by atoms with E-state index < -0.39 is 36.3 Å². The lowest BCUT2D eigenvalue weighted by atomic mass is 9.83. The summed E-state index contributed by atoms with van der Waals surface area (Å²) in [5.41, 5.74) is 4.69. The van der Waals surface area contributed by atoms with Gasteiger partial charge in [0.2, 0.25) is 0 Å². The molecule has 1 heteroatoms. The number of benzene rings is 9. The number of rotatable bonds is 3. The van der Waals surface area contributed by atoms with E-state index in [4.69, 9.17) is 12.6 Å². The van der Waals surface area contributed by atoms with Gasteiger partial charge in [0.1, 0.15) is 11.2 Å². The molecule has 0 aliphatic rings. The van der Waals surface area contributed by atoms with Crippen LogP contribution in [-0.4, -0.2) is 0 Å². The van der Waals surface area contributed by atoms with Gasteiger partial charge in [0, 0.05) is 16.2 Å². The molecule has 0 radical (unpaired) electrons. The van der Waals surface area contributed by atoms with Gasteiger partial charge in [-0.05, 0) is 101 Å². The maximum atomic E-state index is 9.69. The van der Waals surface area contributed by atoms with Crippen molar-refractivity contribution >= 4 is 65.0 Å². The summed E-state index contributed by atoms with van der Waals surface area (Å²) in [7, 11) is 0. The largest absolute Gasteiger partial charge is 0.455 e. The minimum atomic E-state index is -0.536. The quantitative estimate of drug-likeness (QED) is 0.183. The van der Waals surface area contributed by atoms with Gasteiger partial charge < -0.3 is 4.42 Å². The third kappa shape index (κ3) is 3.97. The summed E-state index contributed by atoms with van der Waals surface area (Å²) in [4.78, 5) is 0. The zero-order valence-corrected chi connectivity index (χ0v) is 24.9.